The second-order valence-corrected chi connectivity index (χ2v) is 13.0. The lowest BCUT2D eigenvalue weighted by molar-refractivity contribution is -0.134. The van der Waals surface area contributed by atoms with E-state index in [1.807, 2.05) is 47.6 Å². The molecule has 0 saturated carbocycles. The van der Waals surface area contributed by atoms with Crippen molar-refractivity contribution in [2.24, 2.45) is 15.8 Å². The van der Waals surface area contributed by atoms with Crippen molar-refractivity contribution >= 4 is 36.1 Å². The maximum atomic E-state index is 13.3. The van der Waals surface area contributed by atoms with Crippen LogP contribution in [0.4, 0.5) is 5.69 Å². The first kappa shape index (κ1) is 29.0. The first-order valence-electron chi connectivity index (χ1n) is 10.7. The number of aliphatic imine (C=N–C) groups is 1. The minimum atomic E-state index is -3.36. The fourth-order valence-corrected chi connectivity index (χ4v) is 5.58. The zero-order valence-corrected chi connectivity index (χ0v) is 22.5. The molecular formula is C24H39N2O6P. The van der Waals surface area contributed by atoms with Crippen LogP contribution >= 0.6 is 7.49 Å². The lowest BCUT2D eigenvalue weighted by atomic mass is 9.99. The van der Waals surface area contributed by atoms with Gasteiger partial charge in [0.15, 0.2) is 11.0 Å². The normalized spacial score (nSPS) is 13.1. The summed E-state index contributed by atoms with van der Waals surface area (Å²) < 4.78 is 24.7. The molecule has 0 radical (unpaired) electrons. The number of hydrogen-bond acceptors (Lipinski definition) is 8. The highest BCUT2D eigenvalue weighted by atomic mass is 31.2. The summed E-state index contributed by atoms with van der Waals surface area (Å²) in [6, 6.07) is 8.84. The molecule has 1 aromatic rings. The summed E-state index contributed by atoms with van der Waals surface area (Å²) in [6.07, 6.45) is 0. The lowest BCUT2D eigenvalue weighted by Crippen LogP contribution is -2.38. The number of para-hydroxylation sites is 1. The Morgan fingerprint density at radius 1 is 0.848 bits per heavy atom. The van der Waals surface area contributed by atoms with E-state index in [1.54, 1.807) is 43.0 Å². The maximum absolute atomic E-state index is 13.3. The number of hydrogen-bond donors (Lipinski definition) is 0. The molecule has 0 bridgehead atoms. The highest BCUT2D eigenvalue weighted by Gasteiger charge is 2.41. The lowest BCUT2D eigenvalue weighted by Gasteiger charge is -2.37. The van der Waals surface area contributed by atoms with Gasteiger partial charge in [-0.05, 0) is 37.1 Å². The average Bonchev–Trinajstić information content (AvgIpc) is 2.73. The minimum absolute atomic E-state index is 0.0841. The Labute approximate surface area is 198 Å². The molecular weight excluding hydrogens is 443 g/mol. The fraction of sp³-hybridized carbons (Fsp3) is 0.583. The van der Waals surface area contributed by atoms with Gasteiger partial charge in [0.1, 0.15) is 0 Å². The van der Waals surface area contributed by atoms with Crippen molar-refractivity contribution in [2.75, 3.05) is 41.5 Å². The quantitative estimate of drug-likeness (QED) is 0.286. The average molecular weight is 483 g/mol. The SMILES string of the molecule is COC(=O)C(=Nc1ccccc1)C(C(=O)OC)=P(OCC(C)(C)C)(OCC(C)(C)C)N(C)C. The fourth-order valence-electron chi connectivity index (χ4n) is 2.53. The summed E-state index contributed by atoms with van der Waals surface area (Å²) in [6.45, 7) is 12.6. The van der Waals surface area contributed by atoms with Gasteiger partial charge >= 0.3 is 11.9 Å². The van der Waals surface area contributed by atoms with E-state index in [-0.39, 0.29) is 35.0 Å². The maximum Gasteiger partial charge on any atom is 0.357 e. The van der Waals surface area contributed by atoms with Crippen LogP contribution in [0.3, 0.4) is 0 Å². The second-order valence-electron chi connectivity index (χ2n) is 10.2. The Morgan fingerprint density at radius 2 is 1.30 bits per heavy atom. The number of nitrogens with zero attached hydrogens (tertiary/aromatic N) is 2. The molecule has 9 heteroatoms. The molecule has 0 aliphatic carbocycles. The third-order valence-corrected chi connectivity index (χ3v) is 7.10. The highest BCUT2D eigenvalue weighted by molar-refractivity contribution is 7.69. The molecule has 0 unspecified atom stereocenters. The Balaban J connectivity index is 4.07. The number of carbonyl (C=O) groups excluding carboxylic acids is 2. The molecule has 8 nitrogen and oxygen atoms in total. The number of ether oxygens (including phenoxy) is 2. The summed E-state index contributed by atoms with van der Waals surface area (Å²) in [5.74, 6) is -1.55. The minimum Gasteiger partial charge on any atom is -0.465 e. The number of carbonyl (C=O) groups is 2. The summed E-state index contributed by atoms with van der Waals surface area (Å²) in [4.78, 5) is 30.7. The Kier molecular flexibility index (Phi) is 10.5. The van der Waals surface area contributed by atoms with E-state index < -0.39 is 19.4 Å². The van der Waals surface area contributed by atoms with Gasteiger partial charge in [0.2, 0.25) is 7.49 Å². The van der Waals surface area contributed by atoms with E-state index in [9.17, 15) is 9.59 Å². The van der Waals surface area contributed by atoms with Crippen molar-refractivity contribution < 1.29 is 28.1 Å². The molecule has 0 fully saturated rings. The molecule has 0 spiro atoms. The number of esters is 2. The van der Waals surface area contributed by atoms with Crippen LogP contribution in [-0.4, -0.2) is 69.1 Å². The van der Waals surface area contributed by atoms with Crippen LogP contribution in [0.5, 0.6) is 0 Å². The smallest absolute Gasteiger partial charge is 0.357 e. The predicted octanol–water partition coefficient (Wildman–Crippen LogP) is 4.73. The monoisotopic (exact) mass is 482 g/mol. The zero-order chi connectivity index (χ0) is 25.4. The zero-order valence-electron chi connectivity index (χ0n) is 21.6. The number of methoxy groups -OCH3 is 2. The van der Waals surface area contributed by atoms with Gasteiger partial charge in [-0.25, -0.2) is 19.3 Å². The van der Waals surface area contributed by atoms with Gasteiger partial charge in [-0.3, -0.25) is 0 Å². The summed E-state index contributed by atoms with van der Waals surface area (Å²) in [7, 11) is 2.62. The van der Waals surface area contributed by atoms with Crippen LogP contribution in [0, 0.1) is 10.8 Å². The molecule has 0 aliphatic heterocycles. The molecule has 0 heterocycles. The molecule has 186 valence electrons. The first-order valence-corrected chi connectivity index (χ1v) is 12.3. The Morgan fingerprint density at radius 3 is 1.67 bits per heavy atom. The molecule has 0 amide bonds. The molecule has 0 aromatic heterocycles. The van der Waals surface area contributed by atoms with Crippen LogP contribution in [0.2, 0.25) is 0 Å². The first-order chi connectivity index (χ1) is 15.2. The molecule has 0 atom stereocenters. The number of benzene rings is 1. The summed E-state index contributed by atoms with van der Waals surface area (Å²) in [5, 5.41) is -0.0841. The van der Waals surface area contributed by atoms with Crippen molar-refractivity contribution in [3.63, 3.8) is 0 Å². The topological polar surface area (TPSA) is 86.7 Å². The molecule has 1 rings (SSSR count). The third kappa shape index (κ3) is 8.70. The third-order valence-electron chi connectivity index (χ3n) is 4.13. The van der Waals surface area contributed by atoms with Crippen LogP contribution in [-0.2, 0) is 28.1 Å². The highest BCUT2D eigenvalue weighted by Crippen LogP contribution is 2.55. The standard InChI is InChI=1S/C24H39N2O6P/c1-23(2,3)16-31-33(26(7)8,32-17-24(4,5)6)20(22(28)30-10)19(21(27)29-9)25-18-14-12-11-13-15-18/h11-15H,16-17H2,1-10H3. The van der Waals surface area contributed by atoms with Gasteiger partial charge in [-0.2, -0.15) is 0 Å². The van der Waals surface area contributed by atoms with E-state index in [2.05, 4.69) is 4.99 Å². The summed E-state index contributed by atoms with van der Waals surface area (Å²) >= 11 is 0. The van der Waals surface area contributed by atoms with Gasteiger partial charge in [0, 0.05) is 0 Å². The predicted molar refractivity (Wildman–Crippen MR) is 134 cm³/mol. The van der Waals surface area contributed by atoms with E-state index >= 15 is 0 Å². The molecule has 0 aliphatic rings. The second kappa shape index (κ2) is 11.9. The van der Waals surface area contributed by atoms with Crippen LogP contribution in [0.1, 0.15) is 41.5 Å². The van der Waals surface area contributed by atoms with E-state index in [4.69, 9.17) is 18.5 Å². The Bertz CT molecular complexity index is 874. The van der Waals surface area contributed by atoms with Crippen molar-refractivity contribution in [3.05, 3.63) is 30.3 Å². The van der Waals surface area contributed by atoms with Crippen molar-refractivity contribution in [1.29, 1.82) is 0 Å². The van der Waals surface area contributed by atoms with Gasteiger partial charge in [0.25, 0.3) is 0 Å². The van der Waals surface area contributed by atoms with Gasteiger partial charge in [-0.1, -0.05) is 59.7 Å². The van der Waals surface area contributed by atoms with Crippen LogP contribution in [0.15, 0.2) is 35.3 Å². The van der Waals surface area contributed by atoms with Crippen LogP contribution in [0.25, 0.3) is 0 Å². The summed E-state index contributed by atoms with van der Waals surface area (Å²) in [5.41, 5.74) is -0.214. The van der Waals surface area contributed by atoms with Crippen molar-refractivity contribution in [2.45, 2.75) is 41.5 Å². The van der Waals surface area contributed by atoms with E-state index in [0.717, 1.165) is 0 Å². The molecule has 0 N–H and O–H groups in total. The van der Waals surface area contributed by atoms with Gasteiger partial charge in [-0.15, -0.1) is 0 Å². The van der Waals surface area contributed by atoms with E-state index in [1.165, 1.54) is 14.2 Å². The largest absolute Gasteiger partial charge is 0.465 e. The van der Waals surface area contributed by atoms with Gasteiger partial charge in [0.05, 0.1) is 33.1 Å². The van der Waals surface area contributed by atoms with Crippen molar-refractivity contribution in [1.82, 2.24) is 4.67 Å². The van der Waals surface area contributed by atoms with E-state index in [0.29, 0.717) is 5.69 Å². The van der Waals surface area contributed by atoms with Gasteiger partial charge < -0.3 is 18.5 Å². The van der Waals surface area contributed by atoms with Crippen LogP contribution < -0.4 is 0 Å². The molecule has 33 heavy (non-hydrogen) atoms. The molecule has 0 saturated heterocycles. The molecule has 1 aromatic carbocycles. The van der Waals surface area contributed by atoms with Crippen molar-refractivity contribution in [3.8, 4) is 0 Å². The number of rotatable bonds is 9. The Hall–Kier alpha value is -1.99.